The van der Waals surface area contributed by atoms with E-state index in [1.54, 1.807) is 0 Å². The minimum absolute atomic E-state index is 0.464. The van der Waals surface area contributed by atoms with Gasteiger partial charge in [0.2, 0.25) is 0 Å². The molecule has 0 aliphatic heterocycles. The fraction of sp³-hybridized carbons (Fsp3) is 0.471. The number of hydrogen-bond acceptors (Lipinski definition) is 2. The van der Waals surface area contributed by atoms with Crippen molar-refractivity contribution in [3.8, 4) is 18.1 Å². The van der Waals surface area contributed by atoms with E-state index in [1.807, 2.05) is 25.1 Å². The van der Waals surface area contributed by atoms with E-state index < -0.39 is 0 Å². The zero-order valence-corrected chi connectivity index (χ0v) is 12.6. The summed E-state index contributed by atoms with van der Waals surface area (Å²) >= 11 is 0. The molecule has 1 aromatic rings. The van der Waals surface area contributed by atoms with Crippen molar-refractivity contribution in [1.29, 1.82) is 0 Å². The molecule has 0 amide bonds. The molecule has 2 N–H and O–H groups in total. The Morgan fingerprint density at radius 1 is 1.38 bits per heavy atom. The predicted molar refractivity (Wildman–Crippen MR) is 86.3 cm³/mol. The fourth-order valence-electron chi connectivity index (χ4n) is 1.91. The summed E-state index contributed by atoms with van der Waals surface area (Å²) in [6.07, 6.45) is 7.85. The van der Waals surface area contributed by atoms with Crippen LogP contribution in [0.1, 0.15) is 25.3 Å². The molecule has 1 fully saturated rings. The minimum atomic E-state index is 0.464. The Bertz CT molecular complexity index is 515. The van der Waals surface area contributed by atoms with Crippen LogP contribution in [0.4, 0.5) is 0 Å². The van der Waals surface area contributed by atoms with Gasteiger partial charge in [-0.25, -0.2) is 4.99 Å². The molecule has 112 valence electrons. The summed E-state index contributed by atoms with van der Waals surface area (Å²) in [5, 5.41) is 6.25. The molecule has 0 atom stereocenters. The fourth-order valence-corrected chi connectivity index (χ4v) is 1.91. The van der Waals surface area contributed by atoms with Crippen molar-refractivity contribution in [3.05, 3.63) is 29.8 Å². The van der Waals surface area contributed by atoms with Gasteiger partial charge in [0, 0.05) is 12.1 Å². The standard InChI is InChI=1S/C17H23N3O/c1-3-11-19-17(18-4-2)20-12-15-7-5-6-8-16(15)21-13-14-9-10-14/h1,5-8,14H,4,9-13H2,2H3,(H2,18,19,20). The number of benzene rings is 1. The van der Waals surface area contributed by atoms with Gasteiger partial charge in [-0.2, -0.15) is 0 Å². The van der Waals surface area contributed by atoms with Gasteiger partial charge >= 0.3 is 0 Å². The second kappa shape index (κ2) is 8.21. The van der Waals surface area contributed by atoms with E-state index in [0.717, 1.165) is 36.3 Å². The quantitative estimate of drug-likeness (QED) is 0.458. The summed E-state index contributed by atoms with van der Waals surface area (Å²) in [4.78, 5) is 4.54. The summed E-state index contributed by atoms with van der Waals surface area (Å²) in [5.41, 5.74) is 1.09. The van der Waals surface area contributed by atoms with Gasteiger partial charge < -0.3 is 15.4 Å². The molecule has 0 aromatic heterocycles. The largest absolute Gasteiger partial charge is 0.493 e. The van der Waals surface area contributed by atoms with Crippen LogP contribution in [-0.4, -0.2) is 25.7 Å². The highest BCUT2D eigenvalue weighted by Gasteiger charge is 2.22. The van der Waals surface area contributed by atoms with Crippen molar-refractivity contribution in [2.45, 2.75) is 26.3 Å². The summed E-state index contributed by atoms with van der Waals surface area (Å²) in [5.74, 6) is 4.96. The van der Waals surface area contributed by atoms with Gasteiger partial charge in [0.15, 0.2) is 5.96 Å². The smallest absolute Gasteiger partial charge is 0.192 e. The lowest BCUT2D eigenvalue weighted by atomic mass is 10.2. The second-order valence-electron chi connectivity index (χ2n) is 5.11. The molecule has 1 aromatic carbocycles. The van der Waals surface area contributed by atoms with E-state index in [1.165, 1.54) is 12.8 Å². The molecule has 21 heavy (non-hydrogen) atoms. The lowest BCUT2D eigenvalue weighted by molar-refractivity contribution is 0.297. The van der Waals surface area contributed by atoms with Crippen molar-refractivity contribution >= 4 is 5.96 Å². The molecular weight excluding hydrogens is 262 g/mol. The number of terminal acetylenes is 1. The molecule has 4 nitrogen and oxygen atoms in total. The van der Waals surface area contributed by atoms with Gasteiger partial charge in [-0.3, -0.25) is 0 Å². The number of guanidine groups is 1. The third kappa shape index (κ3) is 5.39. The normalized spacial score (nSPS) is 14.4. The van der Waals surface area contributed by atoms with Crippen LogP contribution in [-0.2, 0) is 6.54 Å². The van der Waals surface area contributed by atoms with Crippen molar-refractivity contribution < 1.29 is 4.74 Å². The Morgan fingerprint density at radius 2 is 2.19 bits per heavy atom. The molecule has 1 aliphatic rings. The summed E-state index contributed by atoms with van der Waals surface area (Å²) in [6, 6.07) is 8.07. The highest BCUT2D eigenvalue weighted by molar-refractivity contribution is 5.80. The average molecular weight is 285 g/mol. The average Bonchev–Trinajstić information content (AvgIpc) is 3.33. The van der Waals surface area contributed by atoms with Gasteiger partial charge in [0.1, 0.15) is 5.75 Å². The van der Waals surface area contributed by atoms with Crippen LogP contribution < -0.4 is 15.4 Å². The number of hydrogen-bond donors (Lipinski definition) is 2. The molecule has 2 rings (SSSR count). The van der Waals surface area contributed by atoms with Crippen molar-refractivity contribution in [3.63, 3.8) is 0 Å². The van der Waals surface area contributed by atoms with Crippen LogP contribution in [0, 0.1) is 18.3 Å². The Balaban J connectivity index is 1.97. The molecule has 0 heterocycles. The summed E-state index contributed by atoms with van der Waals surface area (Å²) in [7, 11) is 0. The van der Waals surface area contributed by atoms with Gasteiger partial charge in [0.25, 0.3) is 0 Å². The summed E-state index contributed by atoms with van der Waals surface area (Å²) in [6.45, 7) is 4.68. The van der Waals surface area contributed by atoms with E-state index in [9.17, 15) is 0 Å². The van der Waals surface area contributed by atoms with Crippen LogP contribution in [0.2, 0.25) is 0 Å². The molecule has 1 aliphatic carbocycles. The van der Waals surface area contributed by atoms with Crippen LogP contribution in [0.25, 0.3) is 0 Å². The SMILES string of the molecule is C#CCNC(=NCc1ccccc1OCC1CC1)NCC. The first-order chi connectivity index (χ1) is 10.3. The van der Waals surface area contributed by atoms with Gasteiger partial charge in [-0.05, 0) is 31.7 Å². The van der Waals surface area contributed by atoms with E-state index in [0.29, 0.717) is 13.1 Å². The topological polar surface area (TPSA) is 45.7 Å². The highest BCUT2D eigenvalue weighted by atomic mass is 16.5. The molecule has 0 radical (unpaired) electrons. The highest BCUT2D eigenvalue weighted by Crippen LogP contribution is 2.30. The lowest BCUT2D eigenvalue weighted by Gasteiger charge is -2.11. The third-order valence-electron chi connectivity index (χ3n) is 3.25. The molecular formula is C17H23N3O. The molecule has 0 saturated heterocycles. The maximum Gasteiger partial charge on any atom is 0.192 e. The first-order valence-corrected chi connectivity index (χ1v) is 7.49. The van der Waals surface area contributed by atoms with E-state index >= 15 is 0 Å². The number of rotatable bonds is 7. The Morgan fingerprint density at radius 3 is 2.90 bits per heavy atom. The Labute approximate surface area is 127 Å². The molecule has 4 heteroatoms. The Kier molecular flexibility index (Phi) is 5.96. The number of nitrogens with one attached hydrogen (secondary N) is 2. The predicted octanol–water partition coefficient (Wildman–Crippen LogP) is 2.16. The van der Waals surface area contributed by atoms with Crippen molar-refractivity contribution in [2.75, 3.05) is 19.7 Å². The molecule has 0 bridgehead atoms. The number of ether oxygens (including phenoxy) is 1. The van der Waals surface area contributed by atoms with Gasteiger partial charge in [-0.1, -0.05) is 24.1 Å². The first kappa shape index (κ1) is 15.2. The maximum absolute atomic E-state index is 5.89. The van der Waals surface area contributed by atoms with Crippen LogP contribution in [0.15, 0.2) is 29.3 Å². The van der Waals surface area contributed by atoms with E-state index in [2.05, 4.69) is 27.6 Å². The number of nitrogens with zero attached hydrogens (tertiary/aromatic N) is 1. The minimum Gasteiger partial charge on any atom is -0.493 e. The van der Waals surface area contributed by atoms with Gasteiger partial charge in [0.05, 0.1) is 19.7 Å². The van der Waals surface area contributed by atoms with E-state index in [-0.39, 0.29) is 0 Å². The van der Waals surface area contributed by atoms with Crippen LogP contribution >= 0.6 is 0 Å². The van der Waals surface area contributed by atoms with Crippen molar-refractivity contribution in [2.24, 2.45) is 10.9 Å². The number of aliphatic imine (C=N–C) groups is 1. The number of para-hydroxylation sites is 1. The van der Waals surface area contributed by atoms with E-state index in [4.69, 9.17) is 11.2 Å². The monoisotopic (exact) mass is 285 g/mol. The molecule has 0 unspecified atom stereocenters. The van der Waals surface area contributed by atoms with Gasteiger partial charge in [-0.15, -0.1) is 6.42 Å². The zero-order chi connectivity index (χ0) is 14.9. The third-order valence-corrected chi connectivity index (χ3v) is 3.25. The zero-order valence-electron chi connectivity index (χ0n) is 12.6. The lowest BCUT2D eigenvalue weighted by Crippen LogP contribution is -2.37. The maximum atomic E-state index is 5.89. The van der Waals surface area contributed by atoms with Crippen molar-refractivity contribution in [1.82, 2.24) is 10.6 Å². The Hall–Kier alpha value is -2.15. The molecule has 0 spiro atoms. The summed E-state index contributed by atoms with van der Waals surface area (Å²) < 4.78 is 5.89. The second-order valence-corrected chi connectivity index (χ2v) is 5.11. The van der Waals surface area contributed by atoms with Crippen LogP contribution in [0.3, 0.4) is 0 Å². The molecule has 1 saturated carbocycles. The first-order valence-electron chi connectivity index (χ1n) is 7.49. The van der Waals surface area contributed by atoms with Crippen LogP contribution in [0.5, 0.6) is 5.75 Å².